The van der Waals surface area contributed by atoms with Crippen LogP contribution in [0.5, 0.6) is 5.75 Å². The van der Waals surface area contributed by atoms with Crippen LogP contribution in [-0.4, -0.2) is 5.11 Å². The lowest BCUT2D eigenvalue weighted by molar-refractivity contribution is 0.458. The van der Waals surface area contributed by atoms with E-state index in [2.05, 4.69) is 5.43 Å². The number of aryl methyl sites for hydroxylation is 1. The van der Waals surface area contributed by atoms with Gasteiger partial charge in [-0.1, -0.05) is 41.9 Å². The van der Waals surface area contributed by atoms with Crippen molar-refractivity contribution in [2.45, 2.75) is 13.0 Å². The molecule has 1 atom stereocenters. The van der Waals surface area contributed by atoms with Gasteiger partial charge in [-0.05, 0) is 30.2 Å². The number of halogens is 1. The van der Waals surface area contributed by atoms with Gasteiger partial charge in [0.25, 0.3) is 0 Å². The van der Waals surface area contributed by atoms with E-state index in [1.807, 2.05) is 37.3 Å². The Hall–Kier alpha value is -1.55. The maximum absolute atomic E-state index is 10.0. The third kappa shape index (κ3) is 2.48. The van der Waals surface area contributed by atoms with Gasteiger partial charge in [0.2, 0.25) is 0 Å². The largest absolute Gasteiger partial charge is 0.508 e. The van der Waals surface area contributed by atoms with Gasteiger partial charge >= 0.3 is 0 Å². The number of hydrogen-bond donors (Lipinski definition) is 3. The smallest absolute Gasteiger partial charge is 0.121 e. The van der Waals surface area contributed by atoms with Gasteiger partial charge in [0.1, 0.15) is 5.75 Å². The predicted octanol–water partition coefficient (Wildman–Crippen LogP) is 2.91. The topological polar surface area (TPSA) is 58.3 Å². The molecular formula is C14H15ClN2O. The second kappa shape index (κ2) is 5.40. The van der Waals surface area contributed by atoms with Crippen LogP contribution < -0.4 is 11.3 Å². The van der Waals surface area contributed by atoms with Crippen molar-refractivity contribution in [1.82, 2.24) is 5.43 Å². The number of phenolic OH excluding ortho intramolecular Hbond substituents is 1. The fourth-order valence-electron chi connectivity index (χ4n) is 1.92. The molecule has 0 aromatic heterocycles. The summed E-state index contributed by atoms with van der Waals surface area (Å²) in [4.78, 5) is 0. The minimum absolute atomic E-state index is 0.184. The van der Waals surface area contributed by atoms with Gasteiger partial charge in [0.05, 0.1) is 6.04 Å². The van der Waals surface area contributed by atoms with Crippen LogP contribution in [0.4, 0.5) is 0 Å². The average molecular weight is 263 g/mol. The number of aromatic hydroxyl groups is 1. The first kappa shape index (κ1) is 12.9. The van der Waals surface area contributed by atoms with E-state index in [0.717, 1.165) is 11.1 Å². The van der Waals surface area contributed by atoms with Crippen LogP contribution in [0.2, 0.25) is 5.02 Å². The van der Waals surface area contributed by atoms with E-state index in [-0.39, 0.29) is 11.8 Å². The van der Waals surface area contributed by atoms with Crippen LogP contribution in [0.3, 0.4) is 0 Å². The van der Waals surface area contributed by atoms with Gasteiger partial charge in [0, 0.05) is 10.6 Å². The van der Waals surface area contributed by atoms with Crippen molar-refractivity contribution in [3.8, 4) is 5.75 Å². The van der Waals surface area contributed by atoms with Crippen molar-refractivity contribution in [2.24, 2.45) is 5.84 Å². The first-order valence-electron chi connectivity index (χ1n) is 5.63. The molecule has 2 rings (SSSR count). The Labute approximate surface area is 111 Å². The number of nitrogens with two attached hydrogens (primary N) is 1. The minimum atomic E-state index is -0.288. The Morgan fingerprint density at radius 1 is 1.22 bits per heavy atom. The van der Waals surface area contributed by atoms with Gasteiger partial charge in [-0.3, -0.25) is 5.84 Å². The predicted molar refractivity (Wildman–Crippen MR) is 73.5 cm³/mol. The van der Waals surface area contributed by atoms with Crippen LogP contribution in [0, 0.1) is 6.92 Å². The second-order valence-electron chi connectivity index (χ2n) is 4.17. The lowest BCUT2D eigenvalue weighted by Crippen LogP contribution is -2.28. The van der Waals surface area contributed by atoms with Crippen LogP contribution in [-0.2, 0) is 0 Å². The molecule has 0 aliphatic rings. The Bertz CT molecular complexity index is 543. The molecule has 0 bridgehead atoms. The molecule has 2 aromatic carbocycles. The normalized spacial score (nSPS) is 12.4. The summed E-state index contributed by atoms with van der Waals surface area (Å²) in [7, 11) is 0. The summed E-state index contributed by atoms with van der Waals surface area (Å²) < 4.78 is 0. The van der Waals surface area contributed by atoms with Crippen molar-refractivity contribution in [3.05, 3.63) is 64.2 Å². The Morgan fingerprint density at radius 3 is 2.50 bits per heavy atom. The van der Waals surface area contributed by atoms with Gasteiger partial charge < -0.3 is 5.11 Å². The van der Waals surface area contributed by atoms with Crippen LogP contribution in [0.25, 0.3) is 0 Å². The zero-order chi connectivity index (χ0) is 13.1. The summed E-state index contributed by atoms with van der Waals surface area (Å²) in [5.41, 5.74) is 5.17. The van der Waals surface area contributed by atoms with Crippen molar-refractivity contribution < 1.29 is 5.11 Å². The fourth-order valence-corrected chi connectivity index (χ4v) is 2.10. The molecule has 0 saturated carbocycles. The quantitative estimate of drug-likeness (QED) is 0.589. The lowest BCUT2D eigenvalue weighted by atomic mass is 9.97. The molecule has 18 heavy (non-hydrogen) atoms. The third-order valence-electron chi connectivity index (χ3n) is 2.92. The maximum atomic E-state index is 10.0. The van der Waals surface area contributed by atoms with Crippen LogP contribution in [0.15, 0.2) is 42.5 Å². The van der Waals surface area contributed by atoms with Gasteiger partial charge in [0.15, 0.2) is 0 Å². The molecule has 94 valence electrons. The van der Waals surface area contributed by atoms with E-state index in [0.29, 0.717) is 10.6 Å². The molecule has 0 heterocycles. The lowest BCUT2D eigenvalue weighted by Gasteiger charge is -2.19. The Morgan fingerprint density at radius 2 is 1.89 bits per heavy atom. The molecule has 0 radical (unpaired) electrons. The highest BCUT2D eigenvalue weighted by molar-refractivity contribution is 6.31. The third-order valence-corrected chi connectivity index (χ3v) is 3.33. The van der Waals surface area contributed by atoms with E-state index >= 15 is 0 Å². The summed E-state index contributed by atoms with van der Waals surface area (Å²) in [5.74, 6) is 5.77. The van der Waals surface area contributed by atoms with E-state index < -0.39 is 0 Å². The average Bonchev–Trinajstić information content (AvgIpc) is 2.38. The molecule has 0 aliphatic heterocycles. The van der Waals surface area contributed by atoms with Gasteiger partial charge in [-0.15, -0.1) is 0 Å². The highest BCUT2D eigenvalue weighted by Gasteiger charge is 2.17. The van der Waals surface area contributed by atoms with Gasteiger partial charge in [-0.25, -0.2) is 5.43 Å². The fraction of sp³-hybridized carbons (Fsp3) is 0.143. The number of hydrogen-bond acceptors (Lipinski definition) is 3. The van der Waals surface area contributed by atoms with Crippen molar-refractivity contribution in [3.63, 3.8) is 0 Å². The summed E-state index contributed by atoms with van der Waals surface area (Å²) in [6.45, 7) is 1.85. The molecule has 3 nitrogen and oxygen atoms in total. The Kier molecular flexibility index (Phi) is 3.87. The summed E-state index contributed by atoms with van der Waals surface area (Å²) in [5, 5.41) is 10.6. The summed E-state index contributed by atoms with van der Waals surface area (Å²) in [6, 6.07) is 12.8. The molecule has 2 aromatic rings. The molecule has 0 fully saturated rings. The molecule has 0 unspecified atom stereocenters. The molecule has 0 aliphatic carbocycles. The van der Waals surface area contributed by atoms with Crippen molar-refractivity contribution >= 4 is 11.6 Å². The minimum Gasteiger partial charge on any atom is -0.508 e. The zero-order valence-corrected chi connectivity index (χ0v) is 10.8. The molecule has 4 N–H and O–H groups in total. The SMILES string of the molecule is Cc1cc(O)c([C@H](NN)c2ccccc2)cc1Cl. The zero-order valence-electron chi connectivity index (χ0n) is 10.0. The van der Waals surface area contributed by atoms with Crippen molar-refractivity contribution in [2.75, 3.05) is 0 Å². The highest BCUT2D eigenvalue weighted by Crippen LogP contribution is 2.33. The first-order valence-corrected chi connectivity index (χ1v) is 6.01. The first-order chi connectivity index (χ1) is 8.63. The second-order valence-corrected chi connectivity index (χ2v) is 4.58. The van der Waals surface area contributed by atoms with E-state index in [9.17, 15) is 5.11 Å². The van der Waals surface area contributed by atoms with Crippen molar-refractivity contribution in [1.29, 1.82) is 0 Å². The molecular weight excluding hydrogens is 248 g/mol. The standard InChI is InChI=1S/C14H15ClN2O/c1-9-7-13(18)11(8-12(9)15)14(17-16)10-5-3-2-4-6-10/h2-8,14,17-18H,16H2,1H3/t14-/m1/s1. The molecule has 0 spiro atoms. The number of nitrogens with one attached hydrogen (secondary N) is 1. The summed E-state index contributed by atoms with van der Waals surface area (Å²) >= 11 is 6.09. The highest BCUT2D eigenvalue weighted by atomic mass is 35.5. The van der Waals surface area contributed by atoms with Gasteiger partial charge in [-0.2, -0.15) is 0 Å². The Balaban J connectivity index is 2.49. The van der Waals surface area contributed by atoms with E-state index in [4.69, 9.17) is 17.4 Å². The summed E-state index contributed by atoms with van der Waals surface area (Å²) in [6.07, 6.45) is 0. The maximum Gasteiger partial charge on any atom is 0.121 e. The number of benzene rings is 2. The number of rotatable bonds is 3. The molecule has 4 heteroatoms. The molecule has 0 amide bonds. The van der Waals surface area contributed by atoms with E-state index in [1.54, 1.807) is 12.1 Å². The number of phenols is 1. The van der Waals surface area contributed by atoms with E-state index in [1.165, 1.54) is 0 Å². The van der Waals surface area contributed by atoms with Crippen LogP contribution in [0.1, 0.15) is 22.7 Å². The monoisotopic (exact) mass is 262 g/mol. The number of hydrazine groups is 1. The van der Waals surface area contributed by atoms with Crippen LogP contribution >= 0.6 is 11.6 Å². The molecule has 0 saturated heterocycles.